The van der Waals surface area contributed by atoms with E-state index in [4.69, 9.17) is 0 Å². The van der Waals surface area contributed by atoms with E-state index in [1.54, 1.807) is 24.3 Å². The molecule has 12 heteroatoms. The van der Waals surface area contributed by atoms with Crippen molar-refractivity contribution in [2.24, 2.45) is 0 Å². The zero-order chi connectivity index (χ0) is 35.1. The molecule has 0 aliphatic rings. The van der Waals surface area contributed by atoms with Crippen LogP contribution in [0.2, 0.25) is 0 Å². The van der Waals surface area contributed by atoms with E-state index in [9.17, 15) is 25.9 Å². The van der Waals surface area contributed by atoms with Crippen molar-refractivity contribution in [2.45, 2.75) is 35.0 Å². The molecule has 6 aromatic carbocycles. The quantitative estimate of drug-likeness (QED) is 0.0995. The van der Waals surface area contributed by atoms with Gasteiger partial charge in [-0.1, -0.05) is 138 Å². The summed E-state index contributed by atoms with van der Waals surface area (Å²) in [6.07, 6.45) is 3.16. The first kappa shape index (κ1) is 42.7. The monoisotopic (exact) mass is 782 g/mol. The zero-order valence-electron chi connectivity index (χ0n) is 29.0. The van der Waals surface area contributed by atoms with Crippen molar-refractivity contribution in [1.29, 1.82) is 0 Å². The van der Waals surface area contributed by atoms with Gasteiger partial charge in [0, 0.05) is 0 Å². The predicted molar refractivity (Wildman–Crippen MR) is 202 cm³/mol. The Balaban J connectivity index is 0.00000302. The SMILES string of the molecule is O=S(=O)([O-])c1ccc(Cc2ccc(PCc3ccccc3-c3ccccc3CPc3ccc(Cc4ccc(S(=O)(=O)[O-])cc4)cc3)cc2)cc1.[Na+].[Na+]. The summed E-state index contributed by atoms with van der Waals surface area (Å²) in [4.78, 5) is -0.426. The number of benzene rings is 6. The van der Waals surface area contributed by atoms with Crippen LogP contribution in [0.4, 0.5) is 0 Å². The third-order valence-corrected chi connectivity index (χ3v) is 12.7. The van der Waals surface area contributed by atoms with Gasteiger partial charge in [0.25, 0.3) is 0 Å². The molecule has 52 heavy (non-hydrogen) atoms. The zero-order valence-corrected chi connectivity index (χ0v) is 36.6. The molecular weight excluding hydrogens is 748 g/mol. The van der Waals surface area contributed by atoms with Crippen LogP contribution in [-0.2, 0) is 45.4 Å². The van der Waals surface area contributed by atoms with E-state index >= 15 is 0 Å². The Bertz CT molecular complexity index is 2140. The van der Waals surface area contributed by atoms with Gasteiger partial charge in [0.05, 0.1) is 9.79 Å². The molecule has 0 heterocycles. The van der Waals surface area contributed by atoms with Crippen LogP contribution < -0.4 is 69.7 Å². The molecule has 2 atom stereocenters. The van der Waals surface area contributed by atoms with Crippen molar-refractivity contribution < 1.29 is 85.1 Å². The van der Waals surface area contributed by atoms with E-state index in [2.05, 4.69) is 97.1 Å². The summed E-state index contributed by atoms with van der Waals surface area (Å²) in [6, 6.07) is 46.5. The van der Waals surface area contributed by atoms with Crippen molar-refractivity contribution in [3.05, 3.63) is 179 Å². The van der Waals surface area contributed by atoms with Crippen molar-refractivity contribution in [1.82, 2.24) is 0 Å². The van der Waals surface area contributed by atoms with E-state index in [0.29, 0.717) is 30.0 Å². The van der Waals surface area contributed by atoms with Crippen LogP contribution in [0.3, 0.4) is 0 Å². The molecule has 0 amide bonds. The van der Waals surface area contributed by atoms with Gasteiger partial charge in [-0.2, -0.15) is 0 Å². The fourth-order valence-corrected chi connectivity index (χ4v) is 8.92. The van der Waals surface area contributed by atoms with Gasteiger partial charge in [0.1, 0.15) is 20.2 Å². The topological polar surface area (TPSA) is 114 Å². The summed E-state index contributed by atoms with van der Waals surface area (Å²) in [6.45, 7) is 0. The minimum absolute atomic E-state index is 0. The molecule has 6 nitrogen and oxygen atoms in total. The standard InChI is InChI=1S/C40H36O6P2S2.2Na/c41-49(42,43)37-21-13-31(14-22-37)25-29-9-17-35(18-10-29)47-27-33-5-1-3-7-39(33)40-8-4-2-6-34(40)28-48-36-19-11-30(12-20-36)26-32-15-23-38(24-16-32)50(44,45)46;;/h1-24,47-48H,25-28H2,(H,41,42,43)(H,44,45,46);;/q;2*+1/p-2. The summed E-state index contributed by atoms with van der Waals surface area (Å²) in [7, 11) is -7.69. The maximum atomic E-state index is 11.2. The first-order valence-corrected chi connectivity index (χ1v) is 21.2. The van der Waals surface area contributed by atoms with Gasteiger partial charge in [-0.15, -0.1) is 0 Å². The molecule has 6 aromatic rings. The first-order valence-electron chi connectivity index (χ1n) is 15.9. The summed E-state index contributed by atoms with van der Waals surface area (Å²) >= 11 is 0. The molecule has 2 unspecified atom stereocenters. The summed E-state index contributed by atoms with van der Waals surface area (Å²) in [5, 5.41) is 2.53. The Morgan fingerprint density at radius 3 is 1.00 bits per heavy atom. The summed E-state index contributed by atoms with van der Waals surface area (Å²) < 4.78 is 67.3. The van der Waals surface area contributed by atoms with E-state index in [1.807, 2.05) is 0 Å². The molecule has 0 radical (unpaired) electrons. The Hall–Kier alpha value is -2.00. The fraction of sp³-hybridized carbons (Fsp3) is 0.100. The molecular formula is C40H34Na2O6P2S2. The molecule has 254 valence electrons. The largest absolute Gasteiger partial charge is 1.00 e. The van der Waals surface area contributed by atoms with Crippen molar-refractivity contribution in [3.63, 3.8) is 0 Å². The van der Waals surface area contributed by atoms with Gasteiger partial charge in [0.15, 0.2) is 0 Å². The average molecular weight is 783 g/mol. The third kappa shape index (κ3) is 12.0. The van der Waals surface area contributed by atoms with Gasteiger partial charge < -0.3 is 9.11 Å². The molecule has 0 aliphatic carbocycles. The number of rotatable bonds is 13. The Kier molecular flexibility index (Phi) is 16.1. The third-order valence-electron chi connectivity index (χ3n) is 8.44. The maximum absolute atomic E-state index is 11.2. The molecule has 0 N–H and O–H groups in total. The van der Waals surface area contributed by atoms with Gasteiger partial charge >= 0.3 is 59.1 Å². The minimum atomic E-state index is -4.45. The second kappa shape index (κ2) is 19.5. The van der Waals surface area contributed by atoms with Gasteiger partial charge in [0.2, 0.25) is 0 Å². The number of hydrogen-bond acceptors (Lipinski definition) is 6. The van der Waals surface area contributed by atoms with Crippen molar-refractivity contribution >= 4 is 48.0 Å². The molecule has 0 spiro atoms. The second-order valence-electron chi connectivity index (χ2n) is 12.0. The molecule has 0 aromatic heterocycles. The molecule has 0 saturated carbocycles. The van der Waals surface area contributed by atoms with Crippen LogP contribution in [0.25, 0.3) is 11.1 Å². The molecule has 0 saturated heterocycles. The molecule has 6 rings (SSSR count). The Labute approximate surface area is 354 Å². The van der Waals surface area contributed by atoms with Crippen LogP contribution in [0.5, 0.6) is 0 Å². The smallest absolute Gasteiger partial charge is 0.744 e. The fourth-order valence-electron chi connectivity index (χ4n) is 5.77. The minimum Gasteiger partial charge on any atom is -0.744 e. The van der Waals surface area contributed by atoms with Crippen LogP contribution in [0.15, 0.2) is 155 Å². The summed E-state index contributed by atoms with van der Waals surface area (Å²) in [5.74, 6) is 0. The Morgan fingerprint density at radius 2 is 0.692 bits per heavy atom. The first-order chi connectivity index (χ1) is 24.0. The second-order valence-corrected chi connectivity index (χ2v) is 17.3. The van der Waals surface area contributed by atoms with Gasteiger partial charge in [-0.25, -0.2) is 16.8 Å². The normalized spacial score (nSPS) is 11.8. The van der Waals surface area contributed by atoms with Gasteiger partial charge in [-0.3, -0.25) is 0 Å². The van der Waals surface area contributed by atoms with Gasteiger partial charge in [-0.05, 0) is 105 Å². The predicted octanol–water partition coefficient (Wildman–Crippen LogP) is 1.36. The summed E-state index contributed by atoms with van der Waals surface area (Å²) in [5.41, 5.74) is 9.26. The molecule has 0 fully saturated rings. The maximum Gasteiger partial charge on any atom is 1.00 e. The Morgan fingerprint density at radius 1 is 0.404 bits per heavy atom. The van der Waals surface area contributed by atoms with E-state index in [1.165, 1.54) is 57.1 Å². The van der Waals surface area contributed by atoms with E-state index < -0.39 is 20.2 Å². The van der Waals surface area contributed by atoms with Crippen LogP contribution in [0.1, 0.15) is 33.4 Å². The van der Waals surface area contributed by atoms with Crippen LogP contribution >= 0.6 is 17.2 Å². The average Bonchev–Trinajstić information content (AvgIpc) is 3.11. The van der Waals surface area contributed by atoms with E-state index in [0.717, 1.165) is 34.6 Å². The number of hydrogen-bond donors (Lipinski definition) is 0. The van der Waals surface area contributed by atoms with E-state index in [-0.39, 0.29) is 68.9 Å². The molecule has 0 aliphatic heterocycles. The van der Waals surface area contributed by atoms with Crippen LogP contribution in [-0.4, -0.2) is 25.9 Å². The van der Waals surface area contributed by atoms with Crippen molar-refractivity contribution in [2.75, 3.05) is 0 Å². The molecule has 0 bridgehead atoms. The van der Waals surface area contributed by atoms with Crippen LogP contribution in [0, 0.1) is 0 Å². The van der Waals surface area contributed by atoms with Crippen molar-refractivity contribution in [3.8, 4) is 11.1 Å².